The lowest BCUT2D eigenvalue weighted by Crippen LogP contribution is -2.37. The van der Waals surface area contributed by atoms with E-state index in [9.17, 15) is 0 Å². The Morgan fingerprint density at radius 3 is 2.75 bits per heavy atom. The molecule has 0 radical (unpaired) electrons. The SMILES string of the molecule is CC(C)(C)NCc1c(N2CCSCC2)nc2sccn12. The Labute approximate surface area is 128 Å². The van der Waals surface area contributed by atoms with E-state index in [1.807, 2.05) is 11.8 Å². The number of thiazole rings is 1. The zero-order valence-corrected chi connectivity index (χ0v) is 14.0. The second-order valence-electron chi connectivity index (χ2n) is 6.14. The third kappa shape index (κ3) is 2.97. The van der Waals surface area contributed by atoms with Gasteiger partial charge in [0.2, 0.25) is 0 Å². The molecule has 0 atom stereocenters. The lowest BCUT2D eigenvalue weighted by atomic mass is 10.1. The summed E-state index contributed by atoms with van der Waals surface area (Å²) in [4.78, 5) is 8.40. The second kappa shape index (κ2) is 5.58. The third-order valence-electron chi connectivity index (χ3n) is 3.44. The number of fused-ring (bicyclic) bond motifs is 1. The Morgan fingerprint density at radius 1 is 1.30 bits per heavy atom. The number of thioether (sulfide) groups is 1. The lowest BCUT2D eigenvalue weighted by molar-refractivity contribution is 0.420. The van der Waals surface area contributed by atoms with Gasteiger partial charge in [-0.2, -0.15) is 11.8 Å². The van der Waals surface area contributed by atoms with Crippen LogP contribution < -0.4 is 10.2 Å². The molecular weight excluding hydrogens is 288 g/mol. The molecule has 0 saturated carbocycles. The van der Waals surface area contributed by atoms with Crippen molar-refractivity contribution >= 4 is 33.9 Å². The first-order valence-corrected chi connectivity index (χ1v) is 9.10. The number of nitrogens with one attached hydrogen (secondary N) is 1. The Balaban J connectivity index is 1.91. The smallest absolute Gasteiger partial charge is 0.195 e. The Hall–Kier alpha value is -0.720. The van der Waals surface area contributed by atoms with Crippen molar-refractivity contribution in [2.45, 2.75) is 32.9 Å². The molecule has 3 rings (SSSR count). The van der Waals surface area contributed by atoms with Gasteiger partial charge in [0, 0.05) is 48.3 Å². The van der Waals surface area contributed by atoms with Crippen LogP contribution in [0.15, 0.2) is 11.6 Å². The number of hydrogen-bond donors (Lipinski definition) is 1. The van der Waals surface area contributed by atoms with E-state index in [2.05, 4.69) is 47.0 Å². The van der Waals surface area contributed by atoms with Gasteiger partial charge in [-0.15, -0.1) is 11.3 Å². The van der Waals surface area contributed by atoms with E-state index in [1.54, 1.807) is 11.3 Å². The zero-order chi connectivity index (χ0) is 14.2. The highest BCUT2D eigenvalue weighted by molar-refractivity contribution is 7.99. The first kappa shape index (κ1) is 14.2. The van der Waals surface area contributed by atoms with Crippen molar-refractivity contribution < 1.29 is 0 Å². The largest absolute Gasteiger partial charge is 0.353 e. The topological polar surface area (TPSA) is 32.6 Å². The van der Waals surface area contributed by atoms with Gasteiger partial charge in [-0.3, -0.25) is 4.40 Å². The number of aromatic nitrogens is 2. The van der Waals surface area contributed by atoms with E-state index >= 15 is 0 Å². The maximum Gasteiger partial charge on any atom is 0.195 e. The van der Waals surface area contributed by atoms with Crippen LogP contribution in [0.5, 0.6) is 0 Å². The Kier molecular flexibility index (Phi) is 3.97. The quantitative estimate of drug-likeness (QED) is 0.945. The van der Waals surface area contributed by atoms with Crippen molar-refractivity contribution in [1.82, 2.24) is 14.7 Å². The number of rotatable bonds is 3. The molecule has 3 heterocycles. The summed E-state index contributed by atoms with van der Waals surface area (Å²) in [6, 6.07) is 0. The Morgan fingerprint density at radius 2 is 2.05 bits per heavy atom. The van der Waals surface area contributed by atoms with E-state index in [0.29, 0.717) is 0 Å². The molecule has 6 heteroatoms. The second-order valence-corrected chi connectivity index (χ2v) is 8.24. The van der Waals surface area contributed by atoms with Gasteiger partial charge in [0.15, 0.2) is 10.8 Å². The summed E-state index contributed by atoms with van der Waals surface area (Å²) in [7, 11) is 0. The van der Waals surface area contributed by atoms with Crippen LogP contribution in [0.1, 0.15) is 26.5 Å². The maximum atomic E-state index is 4.86. The van der Waals surface area contributed by atoms with E-state index in [4.69, 9.17) is 4.98 Å². The van der Waals surface area contributed by atoms with Crippen LogP contribution in [0.25, 0.3) is 4.96 Å². The predicted octanol–water partition coefficient (Wildman–Crippen LogP) is 2.84. The van der Waals surface area contributed by atoms with Gasteiger partial charge in [-0.25, -0.2) is 4.98 Å². The highest BCUT2D eigenvalue weighted by atomic mass is 32.2. The normalized spacial score (nSPS) is 17.1. The van der Waals surface area contributed by atoms with E-state index in [0.717, 1.165) is 24.6 Å². The van der Waals surface area contributed by atoms with Crippen molar-refractivity contribution in [2.75, 3.05) is 29.5 Å². The van der Waals surface area contributed by atoms with Gasteiger partial charge in [0.1, 0.15) is 0 Å². The minimum Gasteiger partial charge on any atom is -0.353 e. The number of nitrogens with zero attached hydrogens (tertiary/aromatic N) is 3. The first-order chi connectivity index (χ1) is 9.54. The summed E-state index contributed by atoms with van der Waals surface area (Å²) in [6.45, 7) is 9.69. The van der Waals surface area contributed by atoms with Gasteiger partial charge in [0.25, 0.3) is 0 Å². The zero-order valence-electron chi connectivity index (χ0n) is 12.3. The molecule has 1 N–H and O–H groups in total. The molecule has 0 spiro atoms. The molecule has 110 valence electrons. The molecule has 1 aliphatic heterocycles. The summed E-state index contributed by atoms with van der Waals surface area (Å²) in [5, 5.41) is 5.71. The number of imidazole rings is 1. The van der Waals surface area contributed by atoms with Gasteiger partial charge >= 0.3 is 0 Å². The van der Waals surface area contributed by atoms with Crippen molar-refractivity contribution in [3.8, 4) is 0 Å². The van der Waals surface area contributed by atoms with Crippen LogP contribution in [0, 0.1) is 0 Å². The predicted molar refractivity (Wildman–Crippen MR) is 89.2 cm³/mol. The molecule has 1 saturated heterocycles. The molecule has 0 unspecified atom stereocenters. The highest BCUT2D eigenvalue weighted by Gasteiger charge is 2.21. The minimum absolute atomic E-state index is 0.120. The van der Waals surface area contributed by atoms with E-state index < -0.39 is 0 Å². The Bertz CT molecular complexity index is 576. The number of hydrogen-bond acceptors (Lipinski definition) is 5. The van der Waals surface area contributed by atoms with Crippen molar-refractivity contribution in [3.05, 3.63) is 17.3 Å². The monoisotopic (exact) mass is 310 g/mol. The first-order valence-electron chi connectivity index (χ1n) is 7.07. The average molecular weight is 310 g/mol. The van der Waals surface area contributed by atoms with Gasteiger partial charge in [-0.1, -0.05) is 0 Å². The van der Waals surface area contributed by atoms with Crippen LogP contribution >= 0.6 is 23.1 Å². The summed E-state index contributed by atoms with van der Waals surface area (Å²) in [6.07, 6.45) is 2.13. The average Bonchev–Trinajstić information content (AvgIpc) is 2.97. The van der Waals surface area contributed by atoms with Crippen LogP contribution in [0.2, 0.25) is 0 Å². The van der Waals surface area contributed by atoms with Crippen molar-refractivity contribution in [3.63, 3.8) is 0 Å². The fourth-order valence-corrected chi connectivity index (χ4v) is 3.99. The molecular formula is C14H22N4S2. The van der Waals surface area contributed by atoms with Gasteiger partial charge in [-0.05, 0) is 20.8 Å². The van der Waals surface area contributed by atoms with Crippen molar-refractivity contribution in [2.24, 2.45) is 0 Å². The van der Waals surface area contributed by atoms with E-state index in [1.165, 1.54) is 23.0 Å². The van der Waals surface area contributed by atoms with Crippen molar-refractivity contribution in [1.29, 1.82) is 0 Å². The molecule has 0 amide bonds. The summed E-state index contributed by atoms with van der Waals surface area (Å²) in [5.41, 5.74) is 1.41. The highest BCUT2D eigenvalue weighted by Crippen LogP contribution is 2.27. The molecule has 20 heavy (non-hydrogen) atoms. The number of anilines is 1. The molecule has 1 aliphatic rings. The van der Waals surface area contributed by atoms with Gasteiger partial charge < -0.3 is 10.2 Å². The van der Waals surface area contributed by atoms with Crippen LogP contribution in [-0.4, -0.2) is 39.5 Å². The molecule has 2 aromatic rings. The summed E-state index contributed by atoms with van der Waals surface area (Å²) < 4.78 is 2.24. The molecule has 1 fully saturated rings. The van der Waals surface area contributed by atoms with E-state index in [-0.39, 0.29) is 5.54 Å². The molecule has 0 bridgehead atoms. The summed E-state index contributed by atoms with van der Waals surface area (Å²) >= 11 is 3.75. The fourth-order valence-electron chi connectivity index (χ4n) is 2.36. The lowest BCUT2D eigenvalue weighted by Gasteiger charge is -2.28. The van der Waals surface area contributed by atoms with Gasteiger partial charge in [0.05, 0.1) is 5.69 Å². The van der Waals surface area contributed by atoms with Crippen LogP contribution in [0.3, 0.4) is 0 Å². The third-order valence-corrected chi connectivity index (χ3v) is 5.14. The molecule has 2 aromatic heterocycles. The standard InChI is InChI=1S/C14H22N4S2/c1-14(2,3)15-10-11-12(17-4-7-19-8-5-17)16-13-18(11)6-9-20-13/h6,9,15H,4-5,7-8,10H2,1-3H3. The van der Waals surface area contributed by atoms with Crippen LogP contribution in [-0.2, 0) is 6.54 Å². The molecule has 0 aromatic carbocycles. The maximum absolute atomic E-state index is 4.86. The summed E-state index contributed by atoms with van der Waals surface area (Å²) in [5.74, 6) is 3.59. The fraction of sp³-hybridized carbons (Fsp3) is 0.643. The molecule has 0 aliphatic carbocycles. The molecule has 4 nitrogen and oxygen atoms in total. The minimum atomic E-state index is 0.120. The van der Waals surface area contributed by atoms with Crippen LogP contribution in [0.4, 0.5) is 5.82 Å².